The average Bonchev–Trinajstić information content (AvgIpc) is 2.87. The highest BCUT2D eigenvalue weighted by atomic mass is 19.1. The largest absolute Gasteiger partial charge is 0.372 e. The second-order valence-corrected chi connectivity index (χ2v) is 4.44. The Bertz CT molecular complexity index is 623. The van der Waals surface area contributed by atoms with E-state index in [0.717, 1.165) is 16.8 Å². The zero-order valence-electron chi connectivity index (χ0n) is 10.2. The number of benzene rings is 2. The standard InChI is InChI=1S/C15H12FNO2/c16-13-4-1-10(2-5-13)15(18)17-14-6-3-11-8-19-9-12(11)7-14/h1-7H,8-9H2,(H,17,18). The summed E-state index contributed by atoms with van der Waals surface area (Å²) in [7, 11) is 0. The van der Waals surface area contributed by atoms with Crippen LogP contribution in [-0.2, 0) is 18.0 Å². The maximum absolute atomic E-state index is 12.8. The second kappa shape index (κ2) is 4.82. The molecule has 19 heavy (non-hydrogen) atoms. The first-order valence-electron chi connectivity index (χ1n) is 5.99. The minimum atomic E-state index is -0.355. The number of halogens is 1. The number of carbonyl (C=O) groups excluding carboxylic acids is 1. The minimum absolute atomic E-state index is 0.251. The molecule has 0 atom stereocenters. The Morgan fingerprint density at radius 1 is 1.05 bits per heavy atom. The van der Waals surface area contributed by atoms with Crippen LogP contribution < -0.4 is 5.32 Å². The molecule has 96 valence electrons. The van der Waals surface area contributed by atoms with E-state index in [1.807, 2.05) is 18.2 Å². The van der Waals surface area contributed by atoms with Gasteiger partial charge in [0.05, 0.1) is 13.2 Å². The van der Waals surface area contributed by atoms with E-state index >= 15 is 0 Å². The van der Waals surface area contributed by atoms with Crippen LogP contribution in [0.4, 0.5) is 10.1 Å². The molecule has 1 aliphatic rings. The van der Waals surface area contributed by atoms with Crippen molar-refractivity contribution in [1.29, 1.82) is 0 Å². The van der Waals surface area contributed by atoms with E-state index in [1.165, 1.54) is 24.3 Å². The zero-order valence-corrected chi connectivity index (χ0v) is 10.2. The number of nitrogens with one attached hydrogen (secondary N) is 1. The van der Waals surface area contributed by atoms with Gasteiger partial charge >= 0.3 is 0 Å². The van der Waals surface area contributed by atoms with Gasteiger partial charge in [0.2, 0.25) is 0 Å². The predicted octanol–water partition coefficient (Wildman–Crippen LogP) is 3.11. The van der Waals surface area contributed by atoms with E-state index in [2.05, 4.69) is 5.32 Å². The zero-order chi connectivity index (χ0) is 13.2. The molecule has 3 nitrogen and oxygen atoms in total. The molecular weight excluding hydrogens is 245 g/mol. The van der Waals surface area contributed by atoms with E-state index in [1.54, 1.807) is 0 Å². The van der Waals surface area contributed by atoms with Crippen molar-refractivity contribution in [2.24, 2.45) is 0 Å². The number of fused-ring (bicyclic) bond motifs is 1. The molecule has 3 rings (SSSR count). The van der Waals surface area contributed by atoms with Crippen LogP contribution in [0.1, 0.15) is 21.5 Å². The Balaban J connectivity index is 1.77. The third-order valence-electron chi connectivity index (χ3n) is 3.09. The summed E-state index contributed by atoms with van der Waals surface area (Å²) in [5.74, 6) is -0.606. The van der Waals surface area contributed by atoms with Gasteiger partial charge in [0, 0.05) is 11.3 Å². The lowest BCUT2D eigenvalue weighted by Crippen LogP contribution is -2.12. The van der Waals surface area contributed by atoms with Crippen LogP contribution in [-0.4, -0.2) is 5.91 Å². The molecule has 0 spiro atoms. The summed E-state index contributed by atoms with van der Waals surface area (Å²) in [4.78, 5) is 12.0. The van der Waals surface area contributed by atoms with E-state index < -0.39 is 0 Å². The minimum Gasteiger partial charge on any atom is -0.372 e. The van der Waals surface area contributed by atoms with Crippen molar-refractivity contribution in [1.82, 2.24) is 0 Å². The smallest absolute Gasteiger partial charge is 0.255 e. The topological polar surface area (TPSA) is 38.3 Å². The molecule has 1 N–H and O–H groups in total. The summed E-state index contributed by atoms with van der Waals surface area (Å²) in [5.41, 5.74) is 3.40. The van der Waals surface area contributed by atoms with E-state index in [9.17, 15) is 9.18 Å². The Kier molecular flexibility index (Phi) is 3.01. The molecule has 2 aromatic carbocycles. The number of rotatable bonds is 2. The van der Waals surface area contributed by atoms with Crippen molar-refractivity contribution in [3.05, 3.63) is 65.0 Å². The third-order valence-corrected chi connectivity index (χ3v) is 3.09. The Hall–Kier alpha value is -2.20. The molecule has 0 saturated carbocycles. The van der Waals surface area contributed by atoms with Crippen molar-refractivity contribution in [2.75, 3.05) is 5.32 Å². The van der Waals surface area contributed by atoms with Crippen molar-refractivity contribution in [3.8, 4) is 0 Å². The lowest BCUT2D eigenvalue weighted by Gasteiger charge is -2.06. The number of amides is 1. The lowest BCUT2D eigenvalue weighted by molar-refractivity contribution is 0.102. The molecular formula is C15H12FNO2. The van der Waals surface area contributed by atoms with Crippen molar-refractivity contribution < 1.29 is 13.9 Å². The molecule has 0 saturated heterocycles. The number of anilines is 1. The van der Waals surface area contributed by atoms with Gasteiger partial charge in [-0.25, -0.2) is 4.39 Å². The van der Waals surface area contributed by atoms with E-state index in [-0.39, 0.29) is 11.7 Å². The van der Waals surface area contributed by atoms with Gasteiger partial charge in [-0.2, -0.15) is 0 Å². The highest BCUT2D eigenvalue weighted by molar-refractivity contribution is 6.04. The number of ether oxygens (including phenoxy) is 1. The summed E-state index contributed by atoms with van der Waals surface area (Å²) < 4.78 is 18.1. The van der Waals surface area contributed by atoms with Gasteiger partial charge in [-0.15, -0.1) is 0 Å². The Morgan fingerprint density at radius 3 is 2.58 bits per heavy atom. The first-order chi connectivity index (χ1) is 9.22. The fraction of sp³-hybridized carbons (Fsp3) is 0.133. The summed E-state index contributed by atoms with van der Waals surface area (Å²) in [6, 6.07) is 11.2. The summed E-state index contributed by atoms with van der Waals surface area (Å²) >= 11 is 0. The van der Waals surface area contributed by atoms with E-state index in [4.69, 9.17) is 4.74 Å². The molecule has 0 aromatic heterocycles. The molecule has 4 heteroatoms. The summed E-state index contributed by atoms with van der Waals surface area (Å²) in [6.45, 7) is 1.21. The van der Waals surface area contributed by atoms with Gasteiger partial charge in [-0.05, 0) is 47.5 Å². The molecule has 0 radical (unpaired) electrons. The molecule has 2 aromatic rings. The SMILES string of the molecule is O=C(Nc1ccc2c(c1)COC2)c1ccc(F)cc1. The number of hydrogen-bond donors (Lipinski definition) is 1. The monoisotopic (exact) mass is 257 g/mol. The molecule has 1 amide bonds. The van der Waals surface area contributed by atoms with Gasteiger partial charge < -0.3 is 10.1 Å². The van der Waals surface area contributed by atoms with E-state index in [0.29, 0.717) is 18.8 Å². The summed E-state index contributed by atoms with van der Waals surface area (Å²) in [5, 5.41) is 2.79. The maximum Gasteiger partial charge on any atom is 0.255 e. The highest BCUT2D eigenvalue weighted by Gasteiger charge is 2.12. The van der Waals surface area contributed by atoms with Crippen LogP contribution in [0.5, 0.6) is 0 Å². The summed E-state index contributed by atoms with van der Waals surface area (Å²) in [6.07, 6.45) is 0. The molecule has 0 bridgehead atoms. The first-order valence-corrected chi connectivity index (χ1v) is 5.99. The molecule has 0 fully saturated rings. The Morgan fingerprint density at radius 2 is 1.79 bits per heavy atom. The lowest BCUT2D eigenvalue weighted by atomic mass is 10.1. The van der Waals surface area contributed by atoms with Crippen LogP contribution in [0, 0.1) is 5.82 Å². The maximum atomic E-state index is 12.8. The van der Waals surface area contributed by atoms with Crippen LogP contribution in [0.15, 0.2) is 42.5 Å². The van der Waals surface area contributed by atoms with Crippen LogP contribution >= 0.6 is 0 Å². The quantitative estimate of drug-likeness (QED) is 0.897. The van der Waals surface area contributed by atoms with Gasteiger partial charge in [0.1, 0.15) is 5.82 Å². The number of hydrogen-bond acceptors (Lipinski definition) is 2. The van der Waals surface area contributed by atoms with Gasteiger partial charge in [-0.3, -0.25) is 4.79 Å². The van der Waals surface area contributed by atoms with Gasteiger partial charge in [0.25, 0.3) is 5.91 Å². The first kappa shape index (κ1) is 11.9. The average molecular weight is 257 g/mol. The number of carbonyl (C=O) groups is 1. The second-order valence-electron chi connectivity index (χ2n) is 4.44. The highest BCUT2D eigenvalue weighted by Crippen LogP contribution is 2.23. The molecule has 0 unspecified atom stereocenters. The Labute approximate surface area is 110 Å². The normalized spacial score (nSPS) is 13.1. The van der Waals surface area contributed by atoms with Crippen molar-refractivity contribution in [2.45, 2.75) is 13.2 Å². The van der Waals surface area contributed by atoms with Gasteiger partial charge in [-0.1, -0.05) is 6.07 Å². The predicted molar refractivity (Wildman–Crippen MR) is 69.3 cm³/mol. The van der Waals surface area contributed by atoms with Crippen LogP contribution in [0.3, 0.4) is 0 Å². The van der Waals surface area contributed by atoms with Gasteiger partial charge in [0.15, 0.2) is 0 Å². The van der Waals surface area contributed by atoms with Crippen LogP contribution in [0.25, 0.3) is 0 Å². The van der Waals surface area contributed by atoms with Crippen molar-refractivity contribution >= 4 is 11.6 Å². The molecule has 1 aliphatic heterocycles. The van der Waals surface area contributed by atoms with Crippen LogP contribution in [0.2, 0.25) is 0 Å². The molecule has 0 aliphatic carbocycles. The molecule has 1 heterocycles. The third kappa shape index (κ3) is 2.48. The fourth-order valence-electron chi connectivity index (χ4n) is 2.05. The van der Waals surface area contributed by atoms with Crippen molar-refractivity contribution in [3.63, 3.8) is 0 Å². The fourth-order valence-corrected chi connectivity index (χ4v) is 2.05.